The van der Waals surface area contributed by atoms with Crippen LogP contribution in [0, 0.1) is 0 Å². The minimum absolute atomic E-state index is 0.0240. The lowest BCUT2D eigenvalue weighted by Gasteiger charge is -2.32. The molecule has 3 aromatic carbocycles. The quantitative estimate of drug-likeness (QED) is 0.258. The van der Waals surface area contributed by atoms with E-state index in [0.717, 1.165) is 20.5 Å². The summed E-state index contributed by atoms with van der Waals surface area (Å²) >= 11 is 11.1. The molecule has 0 radical (unpaired) electrons. The van der Waals surface area contributed by atoms with Crippen molar-refractivity contribution in [1.82, 2.24) is 10.2 Å². The lowest BCUT2D eigenvalue weighted by atomic mass is 10.0. The second-order valence-electron chi connectivity index (χ2n) is 8.57. The monoisotopic (exact) mass is 572 g/mol. The Morgan fingerprint density at radius 3 is 2.31 bits per heavy atom. The van der Waals surface area contributed by atoms with Gasteiger partial charge in [-0.05, 0) is 61.4 Å². The summed E-state index contributed by atoms with van der Waals surface area (Å²) in [5.41, 5.74) is 1.98. The number of hydrogen-bond donors (Lipinski definition) is 1. The zero-order chi connectivity index (χ0) is 25.2. The molecular weight excluding hydrogens is 544 g/mol. The highest BCUT2D eigenvalue weighted by Gasteiger charge is 2.30. The Morgan fingerprint density at radius 2 is 1.66 bits per heavy atom. The number of carbonyl (C=O) groups is 2. The Labute approximate surface area is 225 Å². The molecule has 7 heteroatoms. The molecule has 1 atom stereocenters. The largest absolute Gasteiger partial charge is 0.352 e. The predicted molar refractivity (Wildman–Crippen MR) is 149 cm³/mol. The van der Waals surface area contributed by atoms with E-state index in [1.54, 1.807) is 16.7 Å². The molecule has 4 nitrogen and oxygen atoms in total. The Bertz CT molecular complexity index is 1110. The lowest BCUT2D eigenvalue weighted by molar-refractivity contribution is -0.141. The molecule has 0 fully saturated rings. The van der Waals surface area contributed by atoms with Crippen LogP contribution < -0.4 is 5.32 Å². The van der Waals surface area contributed by atoms with Crippen molar-refractivity contribution in [1.29, 1.82) is 0 Å². The first-order valence-electron chi connectivity index (χ1n) is 11.6. The highest BCUT2D eigenvalue weighted by molar-refractivity contribution is 9.10. The summed E-state index contributed by atoms with van der Waals surface area (Å²) in [6.07, 6.45) is 0.769. The minimum Gasteiger partial charge on any atom is -0.352 e. The highest BCUT2D eigenvalue weighted by Crippen LogP contribution is 2.23. The van der Waals surface area contributed by atoms with E-state index >= 15 is 0 Å². The number of carbonyl (C=O) groups excluding carboxylic acids is 2. The fraction of sp³-hybridized carbons (Fsp3) is 0.286. The van der Waals surface area contributed by atoms with Gasteiger partial charge in [-0.15, -0.1) is 11.8 Å². The summed E-state index contributed by atoms with van der Waals surface area (Å²) in [6, 6.07) is 24.7. The maximum atomic E-state index is 13.6. The number of halogens is 2. The number of hydrogen-bond acceptors (Lipinski definition) is 3. The smallest absolute Gasteiger partial charge is 0.243 e. The van der Waals surface area contributed by atoms with Gasteiger partial charge < -0.3 is 10.2 Å². The van der Waals surface area contributed by atoms with Gasteiger partial charge in [0.25, 0.3) is 0 Å². The van der Waals surface area contributed by atoms with Crippen molar-refractivity contribution in [2.75, 3.05) is 5.75 Å². The molecule has 0 aliphatic heterocycles. The Hall–Kier alpha value is -2.28. The molecule has 3 rings (SSSR count). The van der Waals surface area contributed by atoms with Gasteiger partial charge in [0.2, 0.25) is 11.8 Å². The van der Waals surface area contributed by atoms with Crippen LogP contribution in [-0.4, -0.2) is 34.6 Å². The second-order valence-corrected chi connectivity index (χ2v) is 11.1. The number of benzene rings is 3. The van der Waals surface area contributed by atoms with Crippen LogP contribution in [-0.2, 0) is 22.6 Å². The van der Waals surface area contributed by atoms with Crippen molar-refractivity contribution in [2.24, 2.45) is 0 Å². The summed E-state index contributed by atoms with van der Waals surface area (Å²) in [7, 11) is 0. The fourth-order valence-corrected chi connectivity index (χ4v) is 5.11. The minimum atomic E-state index is -0.619. The standard InChI is InChI=1S/C28H30BrClN2O2S/c1-20(2)31-28(34)26(18-21-7-4-3-5-8-21)32(19-22-9-6-10-23(29)17-22)27(33)15-16-35-25-13-11-24(30)12-14-25/h3-14,17,20,26H,15-16,18-19H2,1-2H3,(H,31,34)/t26-/m1/s1. The Morgan fingerprint density at radius 1 is 0.971 bits per heavy atom. The zero-order valence-corrected chi connectivity index (χ0v) is 23.1. The first kappa shape index (κ1) is 27.3. The van der Waals surface area contributed by atoms with Crippen LogP contribution in [0.3, 0.4) is 0 Å². The van der Waals surface area contributed by atoms with E-state index in [1.807, 2.05) is 92.7 Å². The van der Waals surface area contributed by atoms with Crippen molar-refractivity contribution in [3.05, 3.63) is 99.5 Å². The normalized spacial score (nSPS) is 11.8. The van der Waals surface area contributed by atoms with Crippen molar-refractivity contribution in [3.8, 4) is 0 Å². The van der Waals surface area contributed by atoms with Crippen LogP contribution in [0.25, 0.3) is 0 Å². The van der Waals surface area contributed by atoms with Gasteiger partial charge in [0, 0.05) is 45.6 Å². The average molecular weight is 574 g/mol. The van der Waals surface area contributed by atoms with E-state index < -0.39 is 6.04 Å². The molecule has 0 saturated heterocycles. The third-order valence-electron chi connectivity index (χ3n) is 5.34. The zero-order valence-electron chi connectivity index (χ0n) is 19.9. The molecule has 0 aliphatic carbocycles. The molecule has 3 aromatic rings. The molecule has 184 valence electrons. The van der Waals surface area contributed by atoms with Crippen LogP contribution in [0.2, 0.25) is 5.02 Å². The first-order chi connectivity index (χ1) is 16.8. The maximum Gasteiger partial charge on any atom is 0.243 e. The van der Waals surface area contributed by atoms with Crippen LogP contribution in [0.1, 0.15) is 31.4 Å². The molecule has 35 heavy (non-hydrogen) atoms. The molecule has 0 unspecified atom stereocenters. The number of thioether (sulfide) groups is 1. The SMILES string of the molecule is CC(C)NC(=O)[C@@H](Cc1ccccc1)N(Cc1cccc(Br)c1)C(=O)CCSc1ccc(Cl)cc1. The van der Waals surface area contributed by atoms with Gasteiger partial charge in [0.15, 0.2) is 0 Å². The maximum absolute atomic E-state index is 13.6. The van der Waals surface area contributed by atoms with Crippen LogP contribution in [0.4, 0.5) is 0 Å². The third-order valence-corrected chi connectivity index (χ3v) is 7.10. The first-order valence-corrected chi connectivity index (χ1v) is 13.7. The molecule has 0 aliphatic rings. The van der Waals surface area contributed by atoms with Crippen LogP contribution in [0.15, 0.2) is 88.2 Å². The van der Waals surface area contributed by atoms with Crippen LogP contribution >= 0.6 is 39.3 Å². The van der Waals surface area contributed by atoms with E-state index in [4.69, 9.17) is 11.6 Å². The van der Waals surface area contributed by atoms with Crippen molar-refractivity contribution >= 4 is 51.1 Å². The molecule has 0 heterocycles. The van der Waals surface area contributed by atoms with Gasteiger partial charge in [0.05, 0.1) is 0 Å². The number of nitrogens with one attached hydrogen (secondary N) is 1. The van der Waals surface area contributed by atoms with E-state index in [1.165, 1.54) is 0 Å². The Balaban J connectivity index is 1.84. The summed E-state index contributed by atoms with van der Waals surface area (Å²) in [4.78, 5) is 29.7. The molecule has 1 N–H and O–H groups in total. The van der Waals surface area contributed by atoms with Crippen molar-refractivity contribution in [2.45, 2.75) is 50.2 Å². The summed E-state index contributed by atoms with van der Waals surface area (Å²) in [5.74, 6) is 0.420. The molecule has 0 saturated carbocycles. The summed E-state index contributed by atoms with van der Waals surface area (Å²) in [6.45, 7) is 4.22. The lowest BCUT2D eigenvalue weighted by Crippen LogP contribution is -2.51. The van der Waals surface area contributed by atoms with Crippen LogP contribution in [0.5, 0.6) is 0 Å². The second kappa shape index (κ2) is 13.7. The van der Waals surface area contributed by atoms with Gasteiger partial charge in [0.1, 0.15) is 6.04 Å². The molecule has 0 bridgehead atoms. The van der Waals surface area contributed by atoms with Gasteiger partial charge in [-0.2, -0.15) is 0 Å². The average Bonchev–Trinajstić information content (AvgIpc) is 2.82. The molecule has 2 amide bonds. The van der Waals surface area contributed by atoms with Gasteiger partial charge in [-0.1, -0.05) is 70.0 Å². The Kier molecular flexibility index (Phi) is 10.7. The van der Waals surface area contributed by atoms with Crippen molar-refractivity contribution < 1.29 is 9.59 Å². The summed E-state index contributed by atoms with van der Waals surface area (Å²) in [5, 5.41) is 3.71. The van der Waals surface area contributed by atoms with E-state index in [9.17, 15) is 9.59 Å². The third kappa shape index (κ3) is 9.02. The molecular formula is C28H30BrClN2O2S. The number of amides is 2. The van der Waals surface area contributed by atoms with E-state index in [0.29, 0.717) is 30.2 Å². The molecule has 0 aromatic heterocycles. The predicted octanol–water partition coefficient (Wildman–Crippen LogP) is 6.75. The van der Waals surface area contributed by atoms with Gasteiger partial charge in [-0.3, -0.25) is 9.59 Å². The molecule has 0 spiro atoms. The van der Waals surface area contributed by atoms with Gasteiger partial charge >= 0.3 is 0 Å². The topological polar surface area (TPSA) is 49.4 Å². The number of rotatable bonds is 11. The van der Waals surface area contributed by atoms with Gasteiger partial charge in [-0.25, -0.2) is 0 Å². The number of nitrogens with zero attached hydrogens (tertiary/aromatic N) is 1. The van der Waals surface area contributed by atoms with Crippen molar-refractivity contribution in [3.63, 3.8) is 0 Å². The van der Waals surface area contributed by atoms with E-state index in [-0.39, 0.29) is 17.9 Å². The fourth-order valence-electron chi connectivity index (χ4n) is 3.70. The highest BCUT2D eigenvalue weighted by atomic mass is 79.9. The van der Waals surface area contributed by atoms with E-state index in [2.05, 4.69) is 21.2 Å². The summed E-state index contributed by atoms with van der Waals surface area (Å²) < 4.78 is 0.937.